The molecule has 0 saturated heterocycles. The highest BCUT2D eigenvalue weighted by Crippen LogP contribution is 2.25. The average Bonchev–Trinajstić information content (AvgIpc) is 2.97. The second-order valence-corrected chi connectivity index (χ2v) is 7.48. The lowest BCUT2D eigenvalue weighted by molar-refractivity contribution is -0.121. The van der Waals surface area contributed by atoms with Crippen molar-refractivity contribution in [2.24, 2.45) is 5.92 Å². The van der Waals surface area contributed by atoms with Gasteiger partial charge in [0.1, 0.15) is 11.3 Å². The van der Waals surface area contributed by atoms with Gasteiger partial charge in [-0.3, -0.25) is 4.79 Å². The van der Waals surface area contributed by atoms with Crippen LogP contribution in [0.5, 0.6) is 0 Å². The van der Waals surface area contributed by atoms with Crippen molar-refractivity contribution in [2.45, 2.75) is 19.9 Å². The largest absolute Gasteiger partial charge is 0.459 e. The van der Waals surface area contributed by atoms with Gasteiger partial charge in [0.2, 0.25) is 5.91 Å². The van der Waals surface area contributed by atoms with Gasteiger partial charge in [0, 0.05) is 28.7 Å². The lowest BCUT2D eigenvalue weighted by atomic mass is 10.1. The number of aryl methyl sites for hydroxylation is 1. The quantitative estimate of drug-likeness (QED) is 0.938. The molecule has 0 saturated carbocycles. The molecule has 5 nitrogen and oxygen atoms in total. The van der Waals surface area contributed by atoms with E-state index in [1.807, 2.05) is 31.2 Å². The molecule has 3 rings (SSSR count). The van der Waals surface area contributed by atoms with Crippen LogP contribution < -0.4 is 5.32 Å². The zero-order valence-electron chi connectivity index (χ0n) is 12.2. The predicted molar refractivity (Wildman–Crippen MR) is 83.8 cm³/mol. The first kappa shape index (κ1) is 14.8. The smallest absolute Gasteiger partial charge is 0.220 e. The molecule has 2 heterocycles. The van der Waals surface area contributed by atoms with Gasteiger partial charge in [-0.1, -0.05) is 24.3 Å². The second-order valence-electron chi connectivity index (χ2n) is 5.55. The Balaban J connectivity index is 1.61. The van der Waals surface area contributed by atoms with Crippen LogP contribution in [0.2, 0.25) is 0 Å². The van der Waals surface area contributed by atoms with Crippen LogP contribution >= 0.6 is 0 Å². The third kappa shape index (κ3) is 3.06. The van der Waals surface area contributed by atoms with Gasteiger partial charge in [-0.2, -0.15) is 0 Å². The van der Waals surface area contributed by atoms with Crippen molar-refractivity contribution < 1.29 is 17.6 Å². The van der Waals surface area contributed by atoms with Gasteiger partial charge >= 0.3 is 0 Å². The van der Waals surface area contributed by atoms with Gasteiger partial charge < -0.3 is 9.73 Å². The van der Waals surface area contributed by atoms with Gasteiger partial charge in [-0.05, 0) is 13.0 Å². The van der Waals surface area contributed by atoms with E-state index in [9.17, 15) is 13.2 Å². The number of benzene rings is 1. The van der Waals surface area contributed by atoms with Crippen molar-refractivity contribution in [3.8, 4) is 0 Å². The van der Waals surface area contributed by atoms with Crippen molar-refractivity contribution in [1.29, 1.82) is 0 Å². The summed E-state index contributed by atoms with van der Waals surface area (Å²) in [5, 5.41) is 5.02. The normalized spacial score (nSPS) is 19.6. The summed E-state index contributed by atoms with van der Waals surface area (Å²) in [5.41, 5.74) is 1.81. The number of hydrogen-bond donors (Lipinski definition) is 1. The summed E-state index contributed by atoms with van der Waals surface area (Å²) in [5.74, 6) is 0.335. The number of amides is 1. The fourth-order valence-corrected chi connectivity index (χ4v) is 4.05. The molecular formula is C16H17NO4S. The number of hydrogen-bond acceptors (Lipinski definition) is 4. The molecule has 0 fully saturated rings. The Hall–Kier alpha value is -2.08. The van der Waals surface area contributed by atoms with E-state index in [-0.39, 0.29) is 24.0 Å². The summed E-state index contributed by atoms with van der Waals surface area (Å²) in [6.45, 7) is 2.27. The van der Waals surface area contributed by atoms with Gasteiger partial charge in [-0.15, -0.1) is 0 Å². The van der Waals surface area contributed by atoms with Crippen LogP contribution in [0.15, 0.2) is 40.2 Å². The molecule has 1 N–H and O–H groups in total. The van der Waals surface area contributed by atoms with E-state index in [2.05, 4.69) is 5.32 Å². The minimum Gasteiger partial charge on any atom is -0.459 e. The first-order valence-electron chi connectivity index (χ1n) is 7.09. The third-order valence-electron chi connectivity index (χ3n) is 3.84. The maximum absolute atomic E-state index is 11.9. The number of allylic oxidation sites excluding steroid dienone is 1. The van der Waals surface area contributed by atoms with Crippen LogP contribution in [-0.4, -0.2) is 20.1 Å². The van der Waals surface area contributed by atoms with Crippen molar-refractivity contribution in [2.75, 3.05) is 5.75 Å². The number of furan rings is 1. The van der Waals surface area contributed by atoms with Crippen molar-refractivity contribution in [3.05, 3.63) is 47.1 Å². The molecule has 1 amide bonds. The molecule has 0 radical (unpaired) electrons. The molecule has 0 aliphatic carbocycles. The predicted octanol–water partition coefficient (Wildman–Crippen LogP) is 2.31. The maximum Gasteiger partial charge on any atom is 0.220 e. The van der Waals surface area contributed by atoms with Crippen LogP contribution in [0.4, 0.5) is 0 Å². The second kappa shape index (κ2) is 5.61. The first-order valence-corrected chi connectivity index (χ1v) is 8.81. The van der Waals surface area contributed by atoms with E-state index in [0.29, 0.717) is 6.54 Å². The molecule has 6 heteroatoms. The first-order chi connectivity index (χ1) is 10.4. The molecule has 1 atom stereocenters. The van der Waals surface area contributed by atoms with Crippen LogP contribution in [-0.2, 0) is 21.2 Å². The zero-order chi connectivity index (χ0) is 15.7. The highest BCUT2D eigenvalue weighted by molar-refractivity contribution is 7.94. The molecule has 1 aromatic heterocycles. The molecule has 22 heavy (non-hydrogen) atoms. The Morgan fingerprint density at radius 3 is 2.82 bits per heavy atom. The Kier molecular flexibility index (Phi) is 3.78. The zero-order valence-corrected chi connectivity index (χ0v) is 13.0. The van der Waals surface area contributed by atoms with Crippen LogP contribution in [0, 0.1) is 12.8 Å². The molecule has 2 aromatic rings. The third-order valence-corrected chi connectivity index (χ3v) is 5.31. The Labute approximate surface area is 128 Å². The summed E-state index contributed by atoms with van der Waals surface area (Å²) in [4.78, 5) is 11.9. The molecule has 0 unspecified atom stereocenters. The molecule has 1 aliphatic heterocycles. The molecule has 1 aromatic carbocycles. The van der Waals surface area contributed by atoms with Gasteiger partial charge in [0.25, 0.3) is 0 Å². The highest BCUT2D eigenvalue weighted by atomic mass is 32.2. The Bertz CT molecular complexity index is 848. The monoisotopic (exact) mass is 319 g/mol. The van der Waals surface area contributed by atoms with E-state index in [1.165, 1.54) is 5.41 Å². The highest BCUT2D eigenvalue weighted by Gasteiger charge is 2.23. The van der Waals surface area contributed by atoms with Gasteiger partial charge in [0.05, 0.1) is 12.3 Å². The summed E-state index contributed by atoms with van der Waals surface area (Å²) in [6, 6.07) is 7.72. The molecule has 0 spiro atoms. The van der Waals surface area contributed by atoms with Crippen molar-refractivity contribution in [1.82, 2.24) is 5.32 Å². The number of fused-ring (bicyclic) bond motifs is 1. The van der Waals surface area contributed by atoms with E-state index < -0.39 is 9.84 Å². The molecular weight excluding hydrogens is 302 g/mol. The van der Waals surface area contributed by atoms with E-state index in [1.54, 1.807) is 6.08 Å². The Morgan fingerprint density at radius 1 is 1.36 bits per heavy atom. The number of carbonyl (C=O) groups excluding carboxylic acids is 1. The van der Waals surface area contributed by atoms with E-state index in [4.69, 9.17) is 4.42 Å². The number of carbonyl (C=O) groups is 1. The molecule has 116 valence electrons. The standard InChI is InChI=1S/C16H17NO4S/c1-11-13-4-2-3-5-14(13)21-15(11)9-17-16(18)8-12-6-7-22(19,20)10-12/h2-7,12H,8-10H2,1H3,(H,17,18)/t12-/m1/s1. The summed E-state index contributed by atoms with van der Waals surface area (Å²) in [7, 11) is -3.11. The molecule has 1 aliphatic rings. The number of rotatable bonds is 4. The minimum atomic E-state index is -3.11. The van der Waals surface area contributed by atoms with E-state index in [0.717, 1.165) is 22.3 Å². The van der Waals surface area contributed by atoms with Crippen molar-refractivity contribution >= 4 is 26.7 Å². The van der Waals surface area contributed by atoms with Crippen LogP contribution in [0.3, 0.4) is 0 Å². The topological polar surface area (TPSA) is 76.4 Å². The van der Waals surface area contributed by atoms with Crippen LogP contribution in [0.25, 0.3) is 11.0 Å². The summed E-state index contributed by atoms with van der Waals surface area (Å²) >= 11 is 0. The minimum absolute atomic E-state index is 0.0179. The van der Waals surface area contributed by atoms with Gasteiger partial charge in [0.15, 0.2) is 9.84 Å². The average molecular weight is 319 g/mol. The SMILES string of the molecule is Cc1c(CNC(=O)C[C@H]2C=CS(=O)(=O)C2)oc2ccccc12. The summed E-state index contributed by atoms with van der Waals surface area (Å²) < 4.78 is 28.4. The maximum atomic E-state index is 11.9. The number of para-hydroxylation sites is 1. The number of sulfone groups is 1. The van der Waals surface area contributed by atoms with Crippen LogP contribution in [0.1, 0.15) is 17.7 Å². The van der Waals surface area contributed by atoms with E-state index >= 15 is 0 Å². The fraction of sp³-hybridized carbons (Fsp3) is 0.312. The lowest BCUT2D eigenvalue weighted by Crippen LogP contribution is -2.25. The summed E-state index contributed by atoms with van der Waals surface area (Å²) in [6.07, 6.45) is 1.76. The molecule has 0 bridgehead atoms. The van der Waals surface area contributed by atoms with Gasteiger partial charge in [-0.25, -0.2) is 8.42 Å². The number of nitrogens with one attached hydrogen (secondary N) is 1. The van der Waals surface area contributed by atoms with Crippen molar-refractivity contribution in [3.63, 3.8) is 0 Å². The Morgan fingerprint density at radius 2 is 2.14 bits per heavy atom. The fourth-order valence-electron chi connectivity index (χ4n) is 2.65. The lowest BCUT2D eigenvalue weighted by Gasteiger charge is -2.07.